The van der Waals surface area contributed by atoms with Crippen molar-refractivity contribution in [3.8, 4) is 11.5 Å². The highest BCUT2D eigenvalue weighted by Gasteiger charge is 2.51. The number of hydrazine groups is 1. The summed E-state index contributed by atoms with van der Waals surface area (Å²) in [7, 11) is 2.44. The van der Waals surface area contributed by atoms with E-state index in [4.69, 9.17) is 14.2 Å². The summed E-state index contributed by atoms with van der Waals surface area (Å²) in [5.74, 6) is -0.700. The lowest BCUT2D eigenvalue weighted by Crippen LogP contribution is -2.68. The molecule has 3 aliphatic heterocycles. The number of carbonyl (C=O) groups excluding carboxylic acids is 4. The van der Waals surface area contributed by atoms with Crippen molar-refractivity contribution >= 4 is 57.9 Å². The molecule has 2 bridgehead atoms. The van der Waals surface area contributed by atoms with Crippen LogP contribution < -0.4 is 20.7 Å². The van der Waals surface area contributed by atoms with Crippen molar-refractivity contribution < 1.29 is 33.4 Å². The van der Waals surface area contributed by atoms with Gasteiger partial charge in [-0.25, -0.2) is 19.6 Å². The van der Waals surface area contributed by atoms with E-state index in [1.807, 2.05) is 158 Å². The standard InChI is InChI=1S/C37H35N2O6P.C6H4O/c1-27(40)38(39-29(26-33(39)41)25-24-28-16-8-4-9-17-28)34(36(42)44-2)35(37(43)45-3)46(30-18-10-5-11-19-30,31-20-12-6-13-21-31)32-22-14-7-15-23-32;1-2-5-4-6(3-1)7-5/h4-25,29,34H,26H2,1-3H3;1-4H. The summed E-state index contributed by atoms with van der Waals surface area (Å²) in [4.78, 5) is 55.6. The van der Waals surface area contributed by atoms with Gasteiger partial charge < -0.3 is 14.2 Å². The summed E-state index contributed by atoms with van der Waals surface area (Å²) >= 11 is 0. The van der Waals surface area contributed by atoms with Crippen molar-refractivity contribution in [2.45, 2.75) is 25.4 Å². The summed E-state index contributed by atoms with van der Waals surface area (Å²) in [6.07, 6.45) is 3.79. The molecule has 5 aromatic rings. The summed E-state index contributed by atoms with van der Waals surface area (Å²) in [6, 6.07) is 43.4. The van der Waals surface area contributed by atoms with Gasteiger partial charge in [0.25, 0.3) is 0 Å². The number of hydrogen-bond donors (Lipinski definition) is 0. The van der Waals surface area contributed by atoms with Crippen LogP contribution in [-0.2, 0) is 28.7 Å². The molecule has 10 heteroatoms. The van der Waals surface area contributed by atoms with Crippen LogP contribution in [-0.4, -0.2) is 65.4 Å². The largest absolute Gasteiger partial charge is 0.467 e. The van der Waals surface area contributed by atoms with Crippen LogP contribution in [0.3, 0.4) is 0 Å². The van der Waals surface area contributed by atoms with Crippen molar-refractivity contribution in [2.24, 2.45) is 0 Å². The summed E-state index contributed by atoms with van der Waals surface area (Å²) < 4.78 is 15.8. The molecule has 9 nitrogen and oxygen atoms in total. The zero-order valence-corrected chi connectivity index (χ0v) is 30.5. The first-order valence-electron chi connectivity index (χ1n) is 17.0. The van der Waals surface area contributed by atoms with Crippen LogP contribution in [0.15, 0.2) is 152 Å². The number of fused-ring (bicyclic) bond motifs is 2. The average Bonchev–Trinajstić information content (AvgIpc) is 3.20. The quantitative estimate of drug-likeness (QED) is 0.101. The van der Waals surface area contributed by atoms with E-state index in [1.54, 1.807) is 0 Å². The predicted molar refractivity (Wildman–Crippen MR) is 208 cm³/mol. The molecule has 1 saturated heterocycles. The van der Waals surface area contributed by atoms with E-state index < -0.39 is 36.8 Å². The van der Waals surface area contributed by atoms with Crippen LogP contribution in [0.25, 0.3) is 6.08 Å². The summed E-state index contributed by atoms with van der Waals surface area (Å²) in [5, 5.41) is 4.59. The minimum atomic E-state index is -3.29. The molecular weight excluding hydrogens is 687 g/mol. The van der Waals surface area contributed by atoms with Crippen molar-refractivity contribution in [3.63, 3.8) is 0 Å². The van der Waals surface area contributed by atoms with Crippen molar-refractivity contribution in [1.82, 2.24) is 10.0 Å². The number of esters is 2. The molecule has 0 radical (unpaired) electrons. The van der Waals surface area contributed by atoms with E-state index in [0.717, 1.165) is 38.0 Å². The fourth-order valence-corrected chi connectivity index (χ4v) is 11.1. The number of hydrogen-bond acceptors (Lipinski definition) is 7. The Balaban J connectivity index is 0.000000606. The van der Waals surface area contributed by atoms with E-state index in [1.165, 1.54) is 26.2 Å². The predicted octanol–water partition coefficient (Wildman–Crippen LogP) is 5.74. The van der Waals surface area contributed by atoms with Gasteiger partial charge in [-0.15, -0.1) is 0 Å². The fourth-order valence-electron chi connectivity index (χ4n) is 6.58. The third-order valence-corrected chi connectivity index (χ3v) is 13.3. The molecule has 3 aliphatic rings. The molecule has 0 saturated carbocycles. The monoisotopic (exact) mass is 726 g/mol. The zero-order chi connectivity index (χ0) is 37.4. The second-order valence-corrected chi connectivity index (χ2v) is 15.6. The van der Waals surface area contributed by atoms with E-state index >= 15 is 0 Å². The van der Waals surface area contributed by atoms with Gasteiger partial charge >= 0.3 is 11.9 Å². The van der Waals surface area contributed by atoms with Crippen LogP contribution in [0.1, 0.15) is 18.9 Å². The van der Waals surface area contributed by atoms with Crippen molar-refractivity contribution in [1.29, 1.82) is 0 Å². The SMILES string of the molecule is COC(=O)C(C(C(=O)OC)N(C(C)=O)N1C(=O)CC1C=Cc1ccccc1)=P(c1ccccc1)(c1ccccc1)c1ccccc1.c1cc2cc(c1)O2. The van der Waals surface area contributed by atoms with Gasteiger partial charge in [0.2, 0.25) is 11.8 Å². The minimum absolute atomic E-state index is 0.00568. The molecule has 8 rings (SSSR count). The highest BCUT2D eigenvalue weighted by Crippen LogP contribution is 2.48. The van der Waals surface area contributed by atoms with Gasteiger partial charge in [-0.2, -0.15) is 0 Å². The van der Waals surface area contributed by atoms with Crippen LogP contribution in [0, 0.1) is 0 Å². The lowest BCUT2D eigenvalue weighted by atomic mass is 10.0. The fraction of sp³-hybridized carbons (Fsp3) is 0.140. The molecule has 2 unspecified atom stereocenters. The third kappa shape index (κ3) is 7.43. The highest BCUT2D eigenvalue weighted by molar-refractivity contribution is 7.96. The zero-order valence-electron chi connectivity index (χ0n) is 29.6. The summed E-state index contributed by atoms with van der Waals surface area (Å²) in [6.45, 7) is -2.02. The topological polar surface area (TPSA) is 102 Å². The van der Waals surface area contributed by atoms with Crippen molar-refractivity contribution in [3.05, 3.63) is 157 Å². The molecule has 53 heavy (non-hydrogen) atoms. The van der Waals surface area contributed by atoms with E-state index in [-0.39, 0.29) is 17.6 Å². The molecule has 0 aliphatic carbocycles. The Labute approximate surface area is 309 Å². The van der Waals surface area contributed by atoms with Gasteiger partial charge in [-0.05, 0) is 40.5 Å². The molecule has 0 aromatic heterocycles. The van der Waals surface area contributed by atoms with E-state index in [0.29, 0.717) is 0 Å². The number of benzene rings is 5. The number of methoxy groups -OCH3 is 2. The molecular formula is C43H39N2O7P. The van der Waals surface area contributed by atoms with Crippen LogP contribution in [0.5, 0.6) is 11.5 Å². The first kappa shape index (κ1) is 36.6. The molecule has 3 heterocycles. The van der Waals surface area contributed by atoms with Crippen LogP contribution in [0.4, 0.5) is 0 Å². The Morgan fingerprint density at radius 1 is 0.736 bits per heavy atom. The van der Waals surface area contributed by atoms with Gasteiger partial charge in [0.05, 0.1) is 32.0 Å². The Bertz CT molecular complexity index is 2050. The number of β-lactam (4-membered cyclic amide) rings is 1. The van der Waals surface area contributed by atoms with E-state index in [9.17, 15) is 19.2 Å². The van der Waals surface area contributed by atoms with E-state index in [2.05, 4.69) is 0 Å². The van der Waals surface area contributed by atoms with Crippen LogP contribution >= 0.6 is 6.89 Å². The molecule has 1 fully saturated rings. The Morgan fingerprint density at radius 2 is 1.21 bits per heavy atom. The minimum Gasteiger partial charge on any atom is -0.467 e. The maximum Gasteiger partial charge on any atom is 0.337 e. The van der Waals surface area contributed by atoms with Gasteiger partial charge in [-0.3, -0.25) is 9.59 Å². The lowest BCUT2D eigenvalue weighted by molar-refractivity contribution is -0.187. The average molecular weight is 727 g/mol. The molecule has 2 amide bonds. The van der Waals surface area contributed by atoms with Crippen molar-refractivity contribution in [2.75, 3.05) is 14.2 Å². The van der Waals surface area contributed by atoms with Gasteiger partial charge in [0.1, 0.15) is 11.5 Å². The highest BCUT2D eigenvalue weighted by atomic mass is 31.2. The molecule has 0 N–H and O–H groups in total. The Kier molecular flexibility index (Phi) is 11.4. The molecule has 5 aromatic carbocycles. The maximum absolute atomic E-state index is 14.4. The van der Waals surface area contributed by atoms with Gasteiger partial charge in [-0.1, -0.05) is 140 Å². The number of ether oxygens (including phenoxy) is 3. The van der Waals surface area contributed by atoms with Crippen LogP contribution in [0.2, 0.25) is 0 Å². The number of carbonyl (C=O) groups is 4. The first-order valence-corrected chi connectivity index (χ1v) is 18.8. The number of nitrogens with zero attached hydrogens (tertiary/aromatic N) is 2. The second kappa shape index (κ2) is 16.4. The lowest BCUT2D eigenvalue weighted by Gasteiger charge is -2.48. The molecule has 268 valence electrons. The smallest absolute Gasteiger partial charge is 0.337 e. The Hall–Kier alpha value is -6.18. The first-order chi connectivity index (χ1) is 25.8. The number of rotatable bonds is 10. The molecule has 2 atom stereocenters. The Morgan fingerprint density at radius 3 is 1.57 bits per heavy atom. The van der Waals surface area contributed by atoms with Gasteiger partial charge in [0, 0.05) is 13.0 Å². The van der Waals surface area contributed by atoms with Gasteiger partial charge in [0.15, 0.2) is 6.04 Å². The molecule has 0 spiro atoms. The normalized spacial score (nSPS) is 14.7. The number of amides is 2. The third-order valence-electron chi connectivity index (χ3n) is 8.97. The summed E-state index contributed by atoms with van der Waals surface area (Å²) in [5.41, 5.74) is 0.907. The second-order valence-electron chi connectivity index (χ2n) is 12.2. The maximum atomic E-state index is 14.4.